The number of pyridine rings is 1. The van der Waals surface area contributed by atoms with Crippen molar-refractivity contribution in [2.24, 2.45) is 4.99 Å². The lowest BCUT2D eigenvalue weighted by molar-refractivity contribution is -0.132. The normalized spacial score (nSPS) is 11.6. The molecule has 2 N–H and O–H groups in total. The van der Waals surface area contributed by atoms with E-state index in [0.29, 0.717) is 18.4 Å². The molecule has 9 heteroatoms. The Balaban J connectivity index is 0.00000441. The number of nitrogens with one attached hydrogen (secondary N) is 2. The van der Waals surface area contributed by atoms with Gasteiger partial charge in [0.2, 0.25) is 5.88 Å². The summed E-state index contributed by atoms with van der Waals surface area (Å²) in [6, 6.07) is 3.55. The third-order valence-electron chi connectivity index (χ3n) is 2.50. The highest BCUT2D eigenvalue weighted by molar-refractivity contribution is 14.0. The van der Waals surface area contributed by atoms with Gasteiger partial charge in [0, 0.05) is 24.8 Å². The lowest BCUT2D eigenvalue weighted by atomic mass is 10.3. The number of hydrogen-bond acceptors (Lipinski definition) is 3. The van der Waals surface area contributed by atoms with Crippen molar-refractivity contribution >= 4 is 29.9 Å². The molecule has 1 aromatic rings. The molecule has 0 aliphatic carbocycles. The number of hydrogen-bond donors (Lipinski definition) is 2. The van der Waals surface area contributed by atoms with Gasteiger partial charge >= 0.3 is 6.18 Å². The predicted octanol–water partition coefficient (Wildman–Crippen LogP) is 2.72. The molecule has 0 aliphatic heterocycles. The van der Waals surface area contributed by atoms with Gasteiger partial charge in [0.05, 0.1) is 20.1 Å². The molecule has 22 heavy (non-hydrogen) atoms. The molecule has 0 saturated carbocycles. The first-order valence-electron chi connectivity index (χ1n) is 6.53. The molecule has 1 rings (SSSR count). The Morgan fingerprint density at radius 1 is 1.36 bits per heavy atom. The quantitative estimate of drug-likeness (QED) is 0.413. The summed E-state index contributed by atoms with van der Waals surface area (Å²) in [7, 11) is 1.50. The second kappa shape index (κ2) is 10.5. The summed E-state index contributed by atoms with van der Waals surface area (Å²) in [6.07, 6.45) is -3.50. The van der Waals surface area contributed by atoms with Crippen molar-refractivity contribution in [3.8, 4) is 5.88 Å². The fourth-order valence-corrected chi connectivity index (χ4v) is 1.56. The van der Waals surface area contributed by atoms with E-state index in [1.54, 1.807) is 18.3 Å². The van der Waals surface area contributed by atoms with E-state index in [2.05, 4.69) is 20.6 Å². The zero-order valence-corrected chi connectivity index (χ0v) is 14.7. The van der Waals surface area contributed by atoms with Gasteiger partial charge in [-0.25, -0.2) is 9.98 Å². The van der Waals surface area contributed by atoms with Gasteiger partial charge in [-0.05, 0) is 13.0 Å². The highest BCUT2D eigenvalue weighted by atomic mass is 127. The molecular weight excluding hydrogens is 412 g/mol. The van der Waals surface area contributed by atoms with Crippen LogP contribution in [-0.2, 0) is 6.54 Å². The first-order valence-corrected chi connectivity index (χ1v) is 6.53. The Morgan fingerprint density at radius 3 is 2.68 bits per heavy atom. The zero-order valence-electron chi connectivity index (χ0n) is 12.4. The van der Waals surface area contributed by atoms with Gasteiger partial charge in [-0.2, -0.15) is 13.2 Å². The molecule has 1 aromatic heterocycles. The van der Waals surface area contributed by atoms with Crippen molar-refractivity contribution in [1.29, 1.82) is 0 Å². The number of guanidine groups is 1. The highest BCUT2D eigenvalue weighted by Crippen LogP contribution is 2.18. The van der Waals surface area contributed by atoms with Gasteiger partial charge < -0.3 is 15.4 Å². The van der Waals surface area contributed by atoms with Crippen molar-refractivity contribution in [3.63, 3.8) is 0 Å². The van der Waals surface area contributed by atoms with Gasteiger partial charge in [-0.15, -0.1) is 24.0 Å². The number of methoxy groups -OCH3 is 1. The molecule has 0 spiro atoms. The highest BCUT2D eigenvalue weighted by Gasteiger charge is 2.26. The molecule has 0 fully saturated rings. The Labute approximate surface area is 144 Å². The van der Waals surface area contributed by atoms with E-state index in [1.165, 1.54) is 7.11 Å². The maximum atomic E-state index is 12.1. The van der Waals surface area contributed by atoms with Crippen molar-refractivity contribution in [1.82, 2.24) is 15.6 Å². The van der Waals surface area contributed by atoms with Crippen LogP contribution in [-0.4, -0.2) is 37.3 Å². The molecule has 5 nitrogen and oxygen atoms in total. The third-order valence-corrected chi connectivity index (χ3v) is 2.50. The molecule has 1 heterocycles. The van der Waals surface area contributed by atoms with E-state index in [9.17, 15) is 13.2 Å². The van der Waals surface area contributed by atoms with Crippen molar-refractivity contribution in [2.75, 3.05) is 20.2 Å². The van der Waals surface area contributed by atoms with Crippen molar-refractivity contribution in [2.45, 2.75) is 26.1 Å². The number of halogens is 4. The maximum Gasteiger partial charge on any atom is 0.390 e. The van der Waals surface area contributed by atoms with Crippen LogP contribution in [0.5, 0.6) is 5.88 Å². The molecule has 0 saturated heterocycles. The largest absolute Gasteiger partial charge is 0.481 e. The molecular formula is C13H20F3IN4O. The van der Waals surface area contributed by atoms with Gasteiger partial charge in [-0.1, -0.05) is 6.07 Å². The second-order valence-electron chi connectivity index (χ2n) is 4.16. The molecule has 126 valence electrons. The molecule has 0 radical (unpaired) electrons. The summed E-state index contributed by atoms with van der Waals surface area (Å²) in [4.78, 5) is 8.25. The molecule has 0 bridgehead atoms. The summed E-state index contributed by atoms with van der Waals surface area (Å²) in [5, 5.41) is 5.53. The van der Waals surface area contributed by atoms with Crippen LogP contribution in [0.25, 0.3) is 0 Å². The molecule has 0 amide bonds. The smallest absolute Gasteiger partial charge is 0.390 e. The molecule has 0 aromatic carbocycles. The molecule has 0 unspecified atom stereocenters. The average Bonchev–Trinajstić information content (AvgIpc) is 2.43. The van der Waals surface area contributed by atoms with Crippen LogP contribution in [0.2, 0.25) is 0 Å². The van der Waals surface area contributed by atoms with E-state index >= 15 is 0 Å². The van der Waals surface area contributed by atoms with E-state index < -0.39 is 12.6 Å². The minimum atomic E-state index is -4.18. The Kier molecular flexibility index (Phi) is 9.86. The zero-order chi connectivity index (χ0) is 15.7. The average molecular weight is 432 g/mol. The number of ether oxygens (including phenoxy) is 1. The minimum Gasteiger partial charge on any atom is -0.481 e. The summed E-state index contributed by atoms with van der Waals surface area (Å²) >= 11 is 0. The van der Waals surface area contributed by atoms with Gasteiger partial charge in [-0.3, -0.25) is 0 Å². The molecule has 0 atom stereocenters. The summed E-state index contributed by atoms with van der Waals surface area (Å²) in [5.41, 5.74) is 0.757. The van der Waals surface area contributed by atoms with E-state index in [1.807, 2.05) is 6.92 Å². The first kappa shape index (κ1) is 20.7. The number of aromatic nitrogens is 1. The fourth-order valence-electron chi connectivity index (χ4n) is 1.56. The molecule has 0 aliphatic rings. The van der Waals surface area contributed by atoms with E-state index in [0.717, 1.165) is 5.56 Å². The van der Waals surface area contributed by atoms with E-state index in [4.69, 9.17) is 4.74 Å². The van der Waals surface area contributed by atoms with Gasteiger partial charge in [0.15, 0.2) is 5.96 Å². The maximum absolute atomic E-state index is 12.1. The third kappa shape index (κ3) is 8.25. The standard InChI is InChI=1S/C13H19F3N4O.HI/c1-3-17-12(19-8-6-13(14,15)16)20-9-10-5-4-7-18-11(10)21-2;/h4-5,7H,3,6,8-9H2,1-2H3,(H2,17,19,20);1H. The Morgan fingerprint density at radius 2 is 2.09 bits per heavy atom. The van der Waals surface area contributed by atoms with Crippen LogP contribution in [0.4, 0.5) is 13.2 Å². The van der Waals surface area contributed by atoms with Crippen LogP contribution in [0.15, 0.2) is 23.3 Å². The lowest BCUT2D eigenvalue weighted by Crippen LogP contribution is -2.38. The Hall–Kier alpha value is -1.26. The Bertz CT molecular complexity index is 469. The van der Waals surface area contributed by atoms with Crippen LogP contribution < -0.4 is 15.4 Å². The second-order valence-corrected chi connectivity index (χ2v) is 4.16. The van der Waals surface area contributed by atoms with Crippen molar-refractivity contribution < 1.29 is 17.9 Å². The first-order chi connectivity index (χ1) is 9.96. The number of nitrogens with zero attached hydrogens (tertiary/aromatic N) is 2. The van der Waals surface area contributed by atoms with Crippen molar-refractivity contribution in [3.05, 3.63) is 23.9 Å². The predicted molar refractivity (Wildman–Crippen MR) is 89.7 cm³/mol. The summed E-state index contributed by atoms with van der Waals surface area (Å²) < 4.78 is 41.4. The van der Waals surface area contributed by atoms with E-state index in [-0.39, 0.29) is 37.1 Å². The van der Waals surface area contributed by atoms with Crippen LogP contribution in [0, 0.1) is 0 Å². The SMILES string of the molecule is CCNC(=NCc1cccnc1OC)NCCC(F)(F)F.I. The number of rotatable bonds is 6. The topological polar surface area (TPSA) is 58.5 Å². The van der Waals surface area contributed by atoms with Crippen LogP contribution >= 0.6 is 24.0 Å². The fraction of sp³-hybridized carbons (Fsp3) is 0.538. The summed E-state index contributed by atoms with van der Waals surface area (Å²) in [6.45, 7) is 2.44. The number of alkyl halides is 3. The van der Waals surface area contributed by atoms with Gasteiger partial charge in [0.25, 0.3) is 0 Å². The summed E-state index contributed by atoms with van der Waals surface area (Å²) in [5.74, 6) is 0.778. The number of aliphatic imine (C=N–C) groups is 1. The van der Waals surface area contributed by atoms with Crippen LogP contribution in [0.3, 0.4) is 0 Å². The monoisotopic (exact) mass is 432 g/mol. The lowest BCUT2D eigenvalue weighted by Gasteiger charge is -2.12. The minimum absolute atomic E-state index is 0. The van der Waals surface area contributed by atoms with Crippen LogP contribution in [0.1, 0.15) is 18.9 Å². The van der Waals surface area contributed by atoms with Gasteiger partial charge in [0.1, 0.15) is 0 Å².